The Bertz CT molecular complexity index is 816. The number of benzene rings is 1. The van der Waals surface area contributed by atoms with E-state index in [4.69, 9.17) is 4.74 Å². The molecule has 1 aromatic carbocycles. The molecule has 0 aliphatic carbocycles. The van der Waals surface area contributed by atoms with Crippen molar-refractivity contribution >= 4 is 23.2 Å². The Morgan fingerprint density at radius 3 is 2.85 bits per heavy atom. The minimum absolute atomic E-state index is 0.0123. The molecule has 1 amide bonds. The van der Waals surface area contributed by atoms with Gasteiger partial charge in [0.1, 0.15) is 17.3 Å². The average molecular weight is 354 g/mol. The molecule has 1 unspecified atom stereocenters. The molecule has 7 nitrogen and oxygen atoms in total. The lowest BCUT2D eigenvalue weighted by atomic mass is 10.1. The van der Waals surface area contributed by atoms with Crippen molar-refractivity contribution in [3.05, 3.63) is 47.4 Å². The number of Topliss-reactive ketones (excluding diaryl/α,β-unsaturated/α-hetero) is 1. The van der Waals surface area contributed by atoms with Crippen LogP contribution in [0.5, 0.6) is 0 Å². The number of ketones is 1. The molecular weight excluding hydrogens is 332 g/mol. The third-order valence-corrected chi connectivity index (χ3v) is 4.13. The van der Waals surface area contributed by atoms with Gasteiger partial charge < -0.3 is 15.4 Å². The highest BCUT2D eigenvalue weighted by Crippen LogP contribution is 2.17. The first kappa shape index (κ1) is 18.0. The number of hydrogen-bond donors (Lipinski definition) is 2. The average Bonchev–Trinajstić information content (AvgIpc) is 3.13. The van der Waals surface area contributed by atoms with Crippen LogP contribution in [0, 0.1) is 6.92 Å². The molecule has 7 heteroatoms. The highest BCUT2D eigenvalue weighted by molar-refractivity contribution is 5.95. The van der Waals surface area contributed by atoms with Gasteiger partial charge in [0.2, 0.25) is 0 Å². The van der Waals surface area contributed by atoms with Crippen LogP contribution in [0.25, 0.3) is 0 Å². The van der Waals surface area contributed by atoms with Crippen LogP contribution in [0.15, 0.2) is 30.3 Å². The molecule has 3 rings (SSSR count). The van der Waals surface area contributed by atoms with Gasteiger partial charge >= 0.3 is 0 Å². The van der Waals surface area contributed by atoms with Gasteiger partial charge in [-0.3, -0.25) is 9.59 Å². The van der Waals surface area contributed by atoms with E-state index in [9.17, 15) is 9.59 Å². The largest absolute Gasteiger partial charge is 0.376 e. The van der Waals surface area contributed by atoms with Crippen molar-refractivity contribution in [3.63, 3.8) is 0 Å². The van der Waals surface area contributed by atoms with Crippen molar-refractivity contribution in [2.24, 2.45) is 0 Å². The molecule has 1 aromatic heterocycles. The maximum Gasteiger partial charge on any atom is 0.270 e. The van der Waals surface area contributed by atoms with Crippen molar-refractivity contribution in [2.75, 3.05) is 18.5 Å². The van der Waals surface area contributed by atoms with Crippen LogP contribution in [0.1, 0.15) is 46.4 Å². The maximum absolute atomic E-state index is 12.4. The molecule has 1 saturated heterocycles. The lowest BCUT2D eigenvalue weighted by Gasteiger charge is -2.12. The predicted molar refractivity (Wildman–Crippen MR) is 97.8 cm³/mol. The van der Waals surface area contributed by atoms with Crippen LogP contribution < -0.4 is 10.6 Å². The molecule has 1 aliphatic rings. The normalized spacial score (nSPS) is 16.3. The van der Waals surface area contributed by atoms with Gasteiger partial charge in [-0.15, -0.1) is 0 Å². The number of anilines is 2. The van der Waals surface area contributed by atoms with Gasteiger partial charge in [-0.25, -0.2) is 9.97 Å². The fourth-order valence-corrected chi connectivity index (χ4v) is 2.81. The summed E-state index contributed by atoms with van der Waals surface area (Å²) >= 11 is 0. The number of carbonyl (C=O) groups excluding carboxylic acids is 2. The van der Waals surface area contributed by atoms with E-state index >= 15 is 0 Å². The summed E-state index contributed by atoms with van der Waals surface area (Å²) in [6.07, 6.45) is 2.07. The molecule has 2 N–H and O–H groups in total. The Labute approximate surface area is 152 Å². The Morgan fingerprint density at radius 1 is 1.27 bits per heavy atom. The van der Waals surface area contributed by atoms with E-state index < -0.39 is 0 Å². The molecule has 1 aliphatic heterocycles. The Balaban J connectivity index is 1.71. The summed E-state index contributed by atoms with van der Waals surface area (Å²) in [5.41, 5.74) is 1.62. The first-order chi connectivity index (χ1) is 12.5. The summed E-state index contributed by atoms with van der Waals surface area (Å²) in [6.45, 7) is 4.48. The Morgan fingerprint density at radius 2 is 2.12 bits per heavy atom. The number of aryl methyl sites for hydroxylation is 1. The molecule has 1 fully saturated rings. The topological polar surface area (TPSA) is 93.2 Å². The molecule has 0 radical (unpaired) electrons. The van der Waals surface area contributed by atoms with E-state index in [2.05, 4.69) is 20.6 Å². The molecule has 2 aromatic rings. The van der Waals surface area contributed by atoms with Gasteiger partial charge in [0.25, 0.3) is 5.91 Å². The number of aromatic nitrogens is 2. The summed E-state index contributed by atoms with van der Waals surface area (Å²) < 4.78 is 5.51. The minimum Gasteiger partial charge on any atom is -0.376 e. The van der Waals surface area contributed by atoms with Gasteiger partial charge in [-0.2, -0.15) is 0 Å². The highest BCUT2D eigenvalue weighted by atomic mass is 16.5. The molecule has 0 spiro atoms. The number of ether oxygens (including phenoxy) is 1. The van der Waals surface area contributed by atoms with Crippen molar-refractivity contribution in [2.45, 2.75) is 32.8 Å². The van der Waals surface area contributed by atoms with Gasteiger partial charge in [0.15, 0.2) is 5.78 Å². The van der Waals surface area contributed by atoms with E-state index in [0.717, 1.165) is 25.1 Å². The summed E-state index contributed by atoms with van der Waals surface area (Å²) in [4.78, 5) is 32.4. The van der Waals surface area contributed by atoms with Crippen LogP contribution in [0.2, 0.25) is 0 Å². The summed E-state index contributed by atoms with van der Waals surface area (Å²) in [5, 5.41) is 5.98. The van der Waals surface area contributed by atoms with Crippen molar-refractivity contribution in [3.8, 4) is 0 Å². The van der Waals surface area contributed by atoms with Gasteiger partial charge in [0.05, 0.1) is 6.10 Å². The SMILES string of the molecule is CC(=O)c1cccc(Nc2cc(C(=O)NCC3CCCO3)nc(C)n2)c1. The third kappa shape index (κ3) is 4.64. The van der Waals surface area contributed by atoms with Gasteiger partial charge in [0, 0.05) is 30.5 Å². The second-order valence-electron chi connectivity index (χ2n) is 6.29. The van der Waals surface area contributed by atoms with Crippen molar-refractivity contribution < 1.29 is 14.3 Å². The zero-order chi connectivity index (χ0) is 18.5. The van der Waals surface area contributed by atoms with E-state index in [-0.39, 0.29) is 17.8 Å². The summed E-state index contributed by atoms with van der Waals surface area (Å²) in [5.74, 6) is 0.716. The second kappa shape index (κ2) is 8.05. The smallest absolute Gasteiger partial charge is 0.270 e. The van der Waals surface area contributed by atoms with Crippen molar-refractivity contribution in [1.29, 1.82) is 0 Å². The first-order valence-corrected chi connectivity index (χ1v) is 8.65. The van der Waals surface area contributed by atoms with Crippen LogP contribution in [0.4, 0.5) is 11.5 Å². The van der Waals surface area contributed by atoms with Crippen LogP contribution in [0.3, 0.4) is 0 Å². The molecule has 1 atom stereocenters. The Hall–Kier alpha value is -2.80. The monoisotopic (exact) mass is 354 g/mol. The zero-order valence-corrected chi connectivity index (χ0v) is 14.9. The standard InChI is InChI=1S/C19H22N4O3/c1-12(24)14-5-3-6-15(9-14)23-18-10-17(21-13(2)22-18)19(25)20-11-16-7-4-8-26-16/h3,5-6,9-10,16H,4,7-8,11H2,1-2H3,(H,20,25)(H,21,22,23). The quantitative estimate of drug-likeness (QED) is 0.775. The predicted octanol–water partition coefficient (Wildman–Crippen LogP) is 2.64. The number of rotatable bonds is 6. The molecule has 0 saturated carbocycles. The lowest BCUT2D eigenvalue weighted by molar-refractivity contribution is 0.0853. The third-order valence-electron chi connectivity index (χ3n) is 4.13. The number of hydrogen-bond acceptors (Lipinski definition) is 6. The fourth-order valence-electron chi connectivity index (χ4n) is 2.81. The number of nitrogens with one attached hydrogen (secondary N) is 2. The molecule has 2 heterocycles. The molecule has 136 valence electrons. The minimum atomic E-state index is -0.258. The zero-order valence-electron chi connectivity index (χ0n) is 14.9. The lowest BCUT2D eigenvalue weighted by Crippen LogP contribution is -2.32. The molecule has 0 bridgehead atoms. The van der Waals surface area contributed by atoms with Crippen LogP contribution >= 0.6 is 0 Å². The number of carbonyl (C=O) groups is 2. The van der Waals surface area contributed by atoms with E-state index in [0.29, 0.717) is 29.4 Å². The maximum atomic E-state index is 12.4. The molecular formula is C19H22N4O3. The van der Waals surface area contributed by atoms with Gasteiger partial charge in [-0.1, -0.05) is 12.1 Å². The highest BCUT2D eigenvalue weighted by Gasteiger charge is 2.18. The summed E-state index contributed by atoms with van der Waals surface area (Å²) in [6, 6.07) is 8.72. The van der Waals surface area contributed by atoms with Crippen LogP contribution in [-0.2, 0) is 4.74 Å². The number of nitrogens with zero attached hydrogens (tertiary/aromatic N) is 2. The first-order valence-electron chi connectivity index (χ1n) is 8.65. The number of amides is 1. The summed E-state index contributed by atoms with van der Waals surface area (Å²) in [7, 11) is 0. The van der Waals surface area contributed by atoms with Crippen LogP contribution in [-0.4, -0.2) is 40.9 Å². The fraction of sp³-hybridized carbons (Fsp3) is 0.368. The van der Waals surface area contributed by atoms with E-state index in [1.165, 1.54) is 6.92 Å². The van der Waals surface area contributed by atoms with E-state index in [1.54, 1.807) is 31.2 Å². The molecule has 26 heavy (non-hydrogen) atoms. The van der Waals surface area contributed by atoms with Crippen molar-refractivity contribution in [1.82, 2.24) is 15.3 Å². The second-order valence-corrected chi connectivity index (χ2v) is 6.29. The Kier molecular flexibility index (Phi) is 5.58. The van der Waals surface area contributed by atoms with E-state index in [1.807, 2.05) is 6.07 Å². The van der Waals surface area contributed by atoms with Gasteiger partial charge in [-0.05, 0) is 38.8 Å².